The summed E-state index contributed by atoms with van der Waals surface area (Å²) in [4.78, 5) is 18.9. The van der Waals surface area contributed by atoms with Gasteiger partial charge < -0.3 is 9.64 Å². The Labute approximate surface area is 148 Å². The largest absolute Gasteiger partial charge is 0.493 e. The number of nitrogens with zero attached hydrogens (tertiary/aromatic N) is 2. The number of likely N-dealkylation sites (tertiary alicyclic amines) is 1. The molecule has 0 bridgehead atoms. The Bertz CT molecular complexity index is 736. The minimum Gasteiger partial charge on any atom is -0.493 e. The molecule has 0 unspecified atom stereocenters. The van der Waals surface area contributed by atoms with Crippen molar-refractivity contribution in [3.05, 3.63) is 59.4 Å². The van der Waals surface area contributed by atoms with Gasteiger partial charge in [-0.2, -0.15) is 0 Å². The van der Waals surface area contributed by atoms with Crippen LogP contribution in [0.2, 0.25) is 0 Å². The van der Waals surface area contributed by atoms with Gasteiger partial charge in [-0.1, -0.05) is 18.2 Å². The molecule has 4 rings (SSSR count). The Kier molecular flexibility index (Phi) is 4.68. The van der Waals surface area contributed by atoms with Crippen LogP contribution in [0.25, 0.3) is 0 Å². The van der Waals surface area contributed by atoms with Gasteiger partial charge in [0.1, 0.15) is 5.75 Å². The molecule has 4 nitrogen and oxygen atoms in total. The highest BCUT2D eigenvalue weighted by Crippen LogP contribution is 2.28. The van der Waals surface area contributed by atoms with Crippen LogP contribution < -0.4 is 4.74 Å². The topological polar surface area (TPSA) is 42.4 Å². The number of rotatable bonds is 3. The number of benzene rings is 1. The third kappa shape index (κ3) is 3.68. The van der Waals surface area contributed by atoms with Gasteiger partial charge in [-0.05, 0) is 61.8 Å². The lowest BCUT2D eigenvalue weighted by Gasteiger charge is -2.16. The molecule has 130 valence electrons. The second-order valence-corrected chi connectivity index (χ2v) is 7.06. The van der Waals surface area contributed by atoms with Crippen LogP contribution in [0.5, 0.6) is 5.75 Å². The molecule has 0 spiro atoms. The smallest absolute Gasteiger partial charge is 0.255 e. The Morgan fingerprint density at radius 3 is 2.80 bits per heavy atom. The summed E-state index contributed by atoms with van der Waals surface area (Å²) in [6.45, 7) is 2.51. The SMILES string of the molecule is O=C(c1ccc(C[C@H]2CCOc3ccccc3C2)nc1)N1CCCC1. The maximum Gasteiger partial charge on any atom is 0.255 e. The molecule has 0 radical (unpaired) electrons. The summed E-state index contributed by atoms with van der Waals surface area (Å²) in [5.74, 6) is 1.66. The average Bonchev–Trinajstić information content (AvgIpc) is 3.10. The number of carbonyl (C=O) groups excluding carboxylic acids is 1. The van der Waals surface area contributed by atoms with Crippen molar-refractivity contribution < 1.29 is 9.53 Å². The van der Waals surface area contributed by atoms with Gasteiger partial charge in [-0.3, -0.25) is 9.78 Å². The van der Waals surface area contributed by atoms with E-state index < -0.39 is 0 Å². The lowest BCUT2D eigenvalue weighted by molar-refractivity contribution is 0.0792. The highest BCUT2D eigenvalue weighted by Gasteiger charge is 2.21. The van der Waals surface area contributed by atoms with Crippen LogP contribution >= 0.6 is 0 Å². The van der Waals surface area contributed by atoms with Gasteiger partial charge in [0.2, 0.25) is 0 Å². The Morgan fingerprint density at radius 1 is 1.16 bits per heavy atom. The zero-order valence-electron chi connectivity index (χ0n) is 14.5. The van der Waals surface area contributed by atoms with E-state index in [1.54, 1.807) is 6.20 Å². The van der Waals surface area contributed by atoms with E-state index in [-0.39, 0.29) is 5.91 Å². The summed E-state index contributed by atoms with van der Waals surface area (Å²) in [7, 11) is 0. The van der Waals surface area contributed by atoms with Crippen molar-refractivity contribution in [3.63, 3.8) is 0 Å². The minimum absolute atomic E-state index is 0.119. The van der Waals surface area contributed by atoms with Crippen molar-refractivity contribution in [2.24, 2.45) is 5.92 Å². The summed E-state index contributed by atoms with van der Waals surface area (Å²) < 4.78 is 5.85. The monoisotopic (exact) mass is 336 g/mol. The highest BCUT2D eigenvalue weighted by atomic mass is 16.5. The summed E-state index contributed by atoms with van der Waals surface area (Å²) in [6.07, 6.45) is 6.95. The van der Waals surface area contributed by atoms with Gasteiger partial charge in [0.15, 0.2) is 0 Å². The van der Waals surface area contributed by atoms with E-state index in [9.17, 15) is 4.79 Å². The first kappa shape index (κ1) is 16.1. The third-order valence-corrected chi connectivity index (χ3v) is 5.23. The van der Waals surface area contributed by atoms with Crippen LogP contribution in [0.15, 0.2) is 42.6 Å². The molecule has 0 N–H and O–H groups in total. The van der Waals surface area contributed by atoms with Crippen LogP contribution in [0.3, 0.4) is 0 Å². The Morgan fingerprint density at radius 2 is 2.00 bits per heavy atom. The molecule has 1 aromatic carbocycles. The van der Waals surface area contributed by atoms with E-state index in [0.717, 1.165) is 63.2 Å². The predicted octanol–water partition coefficient (Wildman–Crippen LogP) is 3.50. The second kappa shape index (κ2) is 7.26. The summed E-state index contributed by atoms with van der Waals surface area (Å²) >= 11 is 0. The molecular weight excluding hydrogens is 312 g/mol. The van der Waals surface area contributed by atoms with Crippen molar-refractivity contribution in [3.8, 4) is 5.75 Å². The summed E-state index contributed by atoms with van der Waals surface area (Å²) in [5.41, 5.74) is 3.05. The molecule has 1 saturated heterocycles. The maximum absolute atomic E-state index is 12.4. The molecule has 1 fully saturated rings. The van der Waals surface area contributed by atoms with Crippen molar-refractivity contribution in [1.82, 2.24) is 9.88 Å². The molecule has 0 aliphatic carbocycles. The van der Waals surface area contributed by atoms with E-state index >= 15 is 0 Å². The number of ether oxygens (including phenoxy) is 1. The molecule has 1 amide bonds. The van der Waals surface area contributed by atoms with Crippen LogP contribution in [0, 0.1) is 5.92 Å². The van der Waals surface area contributed by atoms with Crippen LogP contribution in [0.1, 0.15) is 40.9 Å². The zero-order valence-corrected chi connectivity index (χ0v) is 14.5. The van der Waals surface area contributed by atoms with Gasteiger partial charge >= 0.3 is 0 Å². The molecule has 1 atom stereocenters. The zero-order chi connectivity index (χ0) is 17.1. The second-order valence-electron chi connectivity index (χ2n) is 7.06. The number of para-hydroxylation sites is 1. The van der Waals surface area contributed by atoms with Gasteiger partial charge in [-0.25, -0.2) is 0 Å². The van der Waals surface area contributed by atoms with Crippen LogP contribution in [0.4, 0.5) is 0 Å². The van der Waals surface area contributed by atoms with Crippen LogP contribution in [-0.4, -0.2) is 35.5 Å². The summed E-state index contributed by atoms with van der Waals surface area (Å²) in [6, 6.07) is 12.2. The molecule has 3 heterocycles. The highest BCUT2D eigenvalue weighted by molar-refractivity contribution is 5.94. The third-order valence-electron chi connectivity index (χ3n) is 5.23. The Balaban J connectivity index is 1.42. The molecule has 0 saturated carbocycles. The molecule has 2 aliphatic heterocycles. The summed E-state index contributed by atoms with van der Waals surface area (Å²) in [5, 5.41) is 0. The molecule has 25 heavy (non-hydrogen) atoms. The van der Waals surface area contributed by atoms with Crippen molar-refractivity contribution in [2.45, 2.75) is 32.1 Å². The lowest BCUT2D eigenvalue weighted by Crippen LogP contribution is -2.27. The molecule has 2 aliphatic rings. The first-order chi connectivity index (χ1) is 12.3. The van der Waals surface area contributed by atoms with E-state index in [1.807, 2.05) is 23.1 Å². The normalized spacial score (nSPS) is 19.8. The number of carbonyl (C=O) groups is 1. The van der Waals surface area contributed by atoms with Gasteiger partial charge in [0.25, 0.3) is 5.91 Å². The fourth-order valence-corrected chi connectivity index (χ4v) is 3.81. The Hall–Kier alpha value is -2.36. The fourth-order valence-electron chi connectivity index (χ4n) is 3.81. The number of aromatic nitrogens is 1. The average molecular weight is 336 g/mol. The maximum atomic E-state index is 12.4. The fraction of sp³-hybridized carbons (Fsp3) is 0.429. The predicted molar refractivity (Wildman–Crippen MR) is 96.8 cm³/mol. The molecule has 4 heteroatoms. The quantitative estimate of drug-likeness (QED) is 0.861. The van der Waals surface area contributed by atoms with E-state index in [4.69, 9.17) is 4.74 Å². The van der Waals surface area contributed by atoms with E-state index in [2.05, 4.69) is 23.2 Å². The number of pyridine rings is 1. The molecule has 1 aromatic heterocycles. The first-order valence-corrected chi connectivity index (χ1v) is 9.24. The van der Waals surface area contributed by atoms with Crippen molar-refractivity contribution in [1.29, 1.82) is 0 Å². The van der Waals surface area contributed by atoms with E-state index in [1.165, 1.54) is 5.56 Å². The van der Waals surface area contributed by atoms with Gasteiger partial charge in [0, 0.05) is 25.0 Å². The first-order valence-electron chi connectivity index (χ1n) is 9.24. The van der Waals surface area contributed by atoms with Crippen LogP contribution in [-0.2, 0) is 12.8 Å². The number of amides is 1. The van der Waals surface area contributed by atoms with Gasteiger partial charge in [0.05, 0.1) is 12.2 Å². The minimum atomic E-state index is 0.119. The number of fused-ring (bicyclic) bond motifs is 1. The molecule has 2 aromatic rings. The number of hydrogen-bond acceptors (Lipinski definition) is 3. The lowest BCUT2D eigenvalue weighted by atomic mass is 9.92. The molecular formula is C21H24N2O2. The van der Waals surface area contributed by atoms with E-state index in [0.29, 0.717) is 11.5 Å². The number of hydrogen-bond donors (Lipinski definition) is 0. The standard InChI is InChI=1S/C21H24N2O2/c24-21(23-10-3-4-11-23)18-7-8-19(22-15-18)14-16-9-12-25-20-6-2-1-5-17(20)13-16/h1-2,5-8,15-16H,3-4,9-14H2/t16-/m0/s1. The van der Waals surface area contributed by atoms with Crippen molar-refractivity contribution in [2.75, 3.05) is 19.7 Å². The van der Waals surface area contributed by atoms with Gasteiger partial charge in [-0.15, -0.1) is 0 Å². The van der Waals surface area contributed by atoms with Crippen molar-refractivity contribution >= 4 is 5.91 Å².